The Balaban J connectivity index is 1.88. The van der Waals surface area contributed by atoms with Gasteiger partial charge in [-0.1, -0.05) is 27.5 Å². The Labute approximate surface area is 132 Å². The van der Waals surface area contributed by atoms with Crippen molar-refractivity contribution in [2.45, 2.75) is 12.8 Å². The number of benzene rings is 1. The van der Waals surface area contributed by atoms with E-state index >= 15 is 0 Å². The maximum atomic E-state index is 12.0. The SMILES string of the molecule is O=C(CN1CCCC(CO)C1)Nc1ccc(Br)cc1Cl. The first-order valence-corrected chi connectivity index (χ1v) is 7.83. The van der Waals surface area contributed by atoms with Crippen LogP contribution in [-0.2, 0) is 4.79 Å². The standard InChI is InChI=1S/C14H18BrClN2O2/c15-11-3-4-13(12(16)6-11)17-14(20)8-18-5-1-2-10(7-18)9-19/h3-4,6,10,19H,1-2,5,7-9H2,(H,17,20). The number of anilines is 1. The number of carbonyl (C=O) groups excluding carboxylic acids is 1. The topological polar surface area (TPSA) is 52.6 Å². The van der Waals surface area contributed by atoms with Crippen LogP contribution in [0.25, 0.3) is 0 Å². The second kappa shape index (κ2) is 7.41. The fraction of sp³-hybridized carbons (Fsp3) is 0.500. The van der Waals surface area contributed by atoms with Crippen molar-refractivity contribution in [1.82, 2.24) is 4.90 Å². The van der Waals surface area contributed by atoms with Gasteiger partial charge in [-0.25, -0.2) is 0 Å². The maximum absolute atomic E-state index is 12.0. The number of piperidine rings is 1. The smallest absolute Gasteiger partial charge is 0.238 e. The minimum absolute atomic E-state index is 0.0761. The van der Waals surface area contributed by atoms with Crippen molar-refractivity contribution in [3.05, 3.63) is 27.7 Å². The van der Waals surface area contributed by atoms with Crippen molar-refractivity contribution in [3.8, 4) is 0 Å². The Hall–Kier alpha value is -0.620. The second-order valence-electron chi connectivity index (χ2n) is 5.10. The van der Waals surface area contributed by atoms with Crippen molar-refractivity contribution in [2.75, 3.05) is 31.6 Å². The van der Waals surface area contributed by atoms with Gasteiger partial charge >= 0.3 is 0 Å². The van der Waals surface area contributed by atoms with E-state index in [2.05, 4.69) is 26.1 Å². The number of aliphatic hydroxyl groups is 1. The quantitative estimate of drug-likeness (QED) is 0.867. The molecule has 1 aliphatic heterocycles. The predicted molar refractivity (Wildman–Crippen MR) is 84.0 cm³/mol. The van der Waals surface area contributed by atoms with E-state index in [9.17, 15) is 9.90 Å². The van der Waals surface area contributed by atoms with Crippen molar-refractivity contribution in [1.29, 1.82) is 0 Å². The molecular weight excluding hydrogens is 344 g/mol. The molecule has 1 aromatic carbocycles. The molecule has 1 unspecified atom stereocenters. The zero-order valence-corrected chi connectivity index (χ0v) is 13.5. The van der Waals surface area contributed by atoms with Gasteiger partial charge in [0.25, 0.3) is 0 Å². The molecule has 1 aliphatic rings. The van der Waals surface area contributed by atoms with Crippen LogP contribution in [0.4, 0.5) is 5.69 Å². The zero-order chi connectivity index (χ0) is 14.5. The Kier molecular flexibility index (Phi) is 5.84. The van der Waals surface area contributed by atoms with Gasteiger partial charge in [0.2, 0.25) is 5.91 Å². The molecule has 0 saturated carbocycles. The summed E-state index contributed by atoms with van der Waals surface area (Å²) in [6, 6.07) is 5.36. The first kappa shape index (κ1) is 15.8. The van der Waals surface area contributed by atoms with Crippen LogP contribution < -0.4 is 5.32 Å². The average molecular weight is 362 g/mol. The lowest BCUT2D eigenvalue weighted by molar-refractivity contribution is -0.117. The number of amides is 1. The number of rotatable bonds is 4. The highest BCUT2D eigenvalue weighted by atomic mass is 79.9. The van der Waals surface area contributed by atoms with Crippen LogP contribution in [0.3, 0.4) is 0 Å². The summed E-state index contributed by atoms with van der Waals surface area (Å²) in [4.78, 5) is 14.1. The number of nitrogens with one attached hydrogen (secondary N) is 1. The summed E-state index contributed by atoms with van der Waals surface area (Å²) < 4.78 is 0.877. The summed E-state index contributed by atoms with van der Waals surface area (Å²) >= 11 is 9.40. The summed E-state index contributed by atoms with van der Waals surface area (Å²) in [5.41, 5.74) is 0.621. The van der Waals surface area contributed by atoms with E-state index in [1.165, 1.54) is 0 Å². The minimum atomic E-state index is -0.0761. The van der Waals surface area contributed by atoms with E-state index in [0.717, 1.165) is 30.4 Å². The molecule has 1 atom stereocenters. The minimum Gasteiger partial charge on any atom is -0.396 e. The lowest BCUT2D eigenvalue weighted by Crippen LogP contribution is -2.41. The van der Waals surface area contributed by atoms with E-state index < -0.39 is 0 Å². The fourth-order valence-corrected chi connectivity index (χ4v) is 3.15. The highest BCUT2D eigenvalue weighted by Gasteiger charge is 2.21. The Bertz CT molecular complexity index is 484. The largest absolute Gasteiger partial charge is 0.396 e. The number of hydrogen-bond donors (Lipinski definition) is 2. The summed E-state index contributed by atoms with van der Waals surface area (Å²) in [5, 5.41) is 12.5. The van der Waals surface area contributed by atoms with Crippen molar-refractivity contribution < 1.29 is 9.90 Å². The number of carbonyl (C=O) groups is 1. The van der Waals surface area contributed by atoms with Gasteiger partial charge in [0.05, 0.1) is 17.3 Å². The fourth-order valence-electron chi connectivity index (χ4n) is 2.43. The molecule has 110 valence electrons. The van der Waals surface area contributed by atoms with E-state index in [1.807, 2.05) is 6.07 Å². The molecule has 4 nitrogen and oxygen atoms in total. The lowest BCUT2D eigenvalue weighted by atomic mass is 9.99. The van der Waals surface area contributed by atoms with E-state index in [0.29, 0.717) is 17.3 Å². The first-order valence-electron chi connectivity index (χ1n) is 6.66. The van der Waals surface area contributed by atoms with Crippen LogP contribution in [-0.4, -0.2) is 42.2 Å². The molecule has 2 rings (SSSR count). The average Bonchev–Trinajstić information content (AvgIpc) is 2.42. The normalized spacial score (nSPS) is 19.9. The molecule has 0 bridgehead atoms. The third-order valence-electron chi connectivity index (χ3n) is 3.43. The molecule has 1 saturated heterocycles. The van der Waals surface area contributed by atoms with Gasteiger partial charge in [0, 0.05) is 17.6 Å². The monoisotopic (exact) mass is 360 g/mol. The second-order valence-corrected chi connectivity index (χ2v) is 6.42. The van der Waals surface area contributed by atoms with Crippen molar-refractivity contribution in [2.24, 2.45) is 5.92 Å². The highest BCUT2D eigenvalue weighted by molar-refractivity contribution is 9.10. The predicted octanol–water partition coefficient (Wildman–Crippen LogP) is 2.75. The lowest BCUT2D eigenvalue weighted by Gasteiger charge is -2.31. The van der Waals surface area contributed by atoms with Gasteiger partial charge in [-0.2, -0.15) is 0 Å². The number of hydrogen-bond acceptors (Lipinski definition) is 3. The summed E-state index contributed by atoms with van der Waals surface area (Å²) in [5.74, 6) is 0.209. The highest BCUT2D eigenvalue weighted by Crippen LogP contribution is 2.25. The molecule has 1 aromatic rings. The Morgan fingerprint density at radius 2 is 2.35 bits per heavy atom. The zero-order valence-electron chi connectivity index (χ0n) is 11.1. The summed E-state index contributed by atoms with van der Waals surface area (Å²) in [6.07, 6.45) is 2.06. The Morgan fingerprint density at radius 1 is 1.55 bits per heavy atom. The van der Waals surface area contributed by atoms with Crippen LogP contribution in [0.5, 0.6) is 0 Å². The van der Waals surface area contributed by atoms with Gasteiger partial charge in [-0.3, -0.25) is 9.69 Å². The molecule has 2 N–H and O–H groups in total. The van der Waals surface area contributed by atoms with Crippen molar-refractivity contribution in [3.63, 3.8) is 0 Å². The molecule has 0 spiro atoms. The number of aliphatic hydroxyl groups excluding tert-OH is 1. The number of halogens is 2. The van der Waals surface area contributed by atoms with Gasteiger partial charge in [0.15, 0.2) is 0 Å². The van der Waals surface area contributed by atoms with Gasteiger partial charge in [0.1, 0.15) is 0 Å². The van der Waals surface area contributed by atoms with E-state index in [4.69, 9.17) is 11.6 Å². The van der Waals surface area contributed by atoms with Gasteiger partial charge in [-0.15, -0.1) is 0 Å². The summed E-state index contributed by atoms with van der Waals surface area (Å²) in [6.45, 7) is 2.20. The Morgan fingerprint density at radius 3 is 3.05 bits per heavy atom. The molecule has 1 heterocycles. The third kappa shape index (κ3) is 4.45. The maximum Gasteiger partial charge on any atom is 0.238 e. The molecular formula is C14H18BrClN2O2. The number of nitrogens with zero attached hydrogens (tertiary/aromatic N) is 1. The number of likely N-dealkylation sites (tertiary alicyclic amines) is 1. The van der Waals surface area contributed by atoms with Crippen LogP contribution >= 0.6 is 27.5 Å². The first-order chi connectivity index (χ1) is 9.58. The van der Waals surface area contributed by atoms with Gasteiger partial charge in [-0.05, 0) is 43.5 Å². The van der Waals surface area contributed by atoms with Crippen LogP contribution in [0.2, 0.25) is 5.02 Å². The molecule has 20 heavy (non-hydrogen) atoms. The van der Waals surface area contributed by atoms with Crippen LogP contribution in [0.1, 0.15) is 12.8 Å². The van der Waals surface area contributed by atoms with E-state index in [1.54, 1.807) is 12.1 Å². The van der Waals surface area contributed by atoms with E-state index in [-0.39, 0.29) is 18.4 Å². The molecule has 1 amide bonds. The van der Waals surface area contributed by atoms with Crippen LogP contribution in [0.15, 0.2) is 22.7 Å². The molecule has 1 fully saturated rings. The third-order valence-corrected chi connectivity index (χ3v) is 4.24. The van der Waals surface area contributed by atoms with Crippen LogP contribution in [0, 0.1) is 5.92 Å². The molecule has 0 aromatic heterocycles. The summed E-state index contributed by atoms with van der Waals surface area (Å²) in [7, 11) is 0. The van der Waals surface area contributed by atoms with Crippen molar-refractivity contribution >= 4 is 39.1 Å². The molecule has 6 heteroatoms. The molecule has 0 aliphatic carbocycles. The molecule has 0 radical (unpaired) electrons. The van der Waals surface area contributed by atoms with Gasteiger partial charge < -0.3 is 10.4 Å².